The van der Waals surface area contributed by atoms with E-state index in [0.29, 0.717) is 0 Å². The number of benzene rings is 1. The fraction of sp³-hybridized carbons (Fsp3) is 0.444. The lowest BCUT2D eigenvalue weighted by atomic mass is 10.1. The fourth-order valence-corrected chi connectivity index (χ4v) is 3.40. The zero-order valence-corrected chi connectivity index (χ0v) is 14.2. The molecule has 132 valence electrons. The van der Waals surface area contributed by atoms with Crippen LogP contribution in [0.25, 0.3) is 0 Å². The predicted molar refractivity (Wildman–Crippen MR) is 94.1 cm³/mol. The monoisotopic (exact) mass is 342 g/mol. The van der Waals surface area contributed by atoms with E-state index in [-0.39, 0.29) is 25.5 Å². The molecule has 0 amide bonds. The highest BCUT2D eigenvalue weighted by Gasteiger charge is 2.25. The summed E-state index contributed by atoms with van der Waals surface area (Å²) in [6.07, 6.45) is 3.64. The second-order valence-electron chi connectivity index (χ2n) is 6.41. The molecule has 2 atom stereocenters. The van der Waals surface area contributed by atoms with Crippen LogP contribution in [0.2, 0.25) is 0 Å². The van der Waals surface area contributed by atoms with E-state index in [2.05, 4.69) is 27.1 Å². The van der Waals surface area contributed by atoms with E-state index in [9.17, 15) is 5.11 Å². The second kappa shape index (κ2) is 6.76. The van der Waals surface area contributed by atoms with Crippen molar-refractivity contribution in [3.63, 3.8) is 0 Å². The standard InChI is InChI=1S/C18H22N4O3/c1-12(13-4-5-15-16(7-13)25-11-24-15)21-17-8-18(20-10-19-17)22-6-2-3-14(22)9-23/h4-5,7-8,10,12,14,23H,2-3,6,9,11H2,1H3,(H,19,20,21). The van der Waals surface area contributed by atoms with Gasteiger partial charge in [-0.15, -0.1) is 0 Å². The summed E-state index contributed by atoms with van der Waals surface area (Å²) in [4.78, 5) is 10.9. The molecule has 2 N–H and O–H groups in total. The SMILES string of the molecule is CC(Nc1cc(N2CCCC2CO)ncn1)c1ccc2c(c1)OCO2. The third kappa shape index (κ3) is 3.19. The van der Waals surface area contributed by atoms with Crippen molar-refractivity contribution >= 4 is 11.6 Å². The highest BCUT2D eigenvalue weighted by atomic mass is 16.7. The van der Waals surface area contributed by atoms with Gasteiger partial charge in [-0.3, -0.25) is 0 Å². The van der Waals surface area contributed by atoms with E-state index in [4.69, 9.17) is 9.47 Å². The number of nitrogens with zero attached hydrogens (tertiary/aromatic N) is 3. The minimum Gasteiger partial charge on any atom is -0.454 e. The van der Waals surface area contributed by atoms with Gasteiger partial charge in [0.25, 0.3) is 0 Å². The summed E-state index contributed by atoms with van der Waals surface area (Å²) in [7, 11) is 0. The molecule has 2 aliphatic heterocycles. The van der Waals surface area contributed by atoms with Crippen molar-refractivity contribution in [2.45, 2.75) is 31.8 Å². The largest absolute Gasteiger partial charge is 0.454 e. The van der Waals surface area contributed by atoms with Gasteiger partial charge < -0.3 is 24.8 Å². The van der Waals surface area contributed by atoms with E-state index >= 15 is 0 Å². The molecule has 1 aromatic heterocycles. The first-order valence-electron chi connectivity index (χ1n) is 8.60. The van der Waals surface area contributed by atoms with Crippen molar-refractivity contribution in [3.05, 3.63) is 36.2 Å². The first kappa shape index (κ1) is 16.0. The van der Waals surface area contributed by atoms with Crippen LogP contribution in [-0.4, -0.2) is 41.1 Å². The molecule has 0 spiro atoms. The van der Waals surface area contributed by atoms with Crippen LogP contribution < -0.4 is 19.7 Å². The Labute approximate surface area is 146 Å². The Morgan fingerprint density at radius 2 is 2.16 bits per heavy atom. The number of rotatable bonds is 5. The molecule has 0 bridgehead atoms. The van der Waals surface area contributed by atoms with Crippen LogP contribution >= 0.6 is 0 Å². The van der Waals surface area contributed by atoms with Crippen molar-refractivity contribution in [1.29, 1.82) is 0 Å². The van der Waals surface area contributed by atoms with Gasteiger partial charge in [0.2, 0.25) is 6.79 Å². The number of anilines is 2. The van der Waals surface area contributed by atoms with Crippen LogP contribution in [0.3, 0.4) is 0 Å². The maximum Gasteiger partial charge on any atom is 0.231 e. The Hall–Kier alpha value is -2.54. The first-order valence-corrected chi connectivity index (χ1v) is 8.60. The highest BCUT2D eigenvalue weighted by molar-refractivity contribution is 5.52. The van der Waals surface area contributed by atoms with Crippen LogP contribution in [0, 0.1) is 0 Å². The average Bonchev–Trinajstić information content (AvgIpc) is 3.30. The molecule has 3 heterocycles. The van der Waals surface area contributed by atoms with Crippen LogP contribution in [0.15, 0.2) is 30.6 Å². The van der Waals surface area contributed by atoms with Crippen LogP contribution in [0.1, 0.15) is 31.4 Å². The van der Waals surface area contributed by atoms with Crippen molar-refractivity contribution in [2.24, 2.45) is 0 Å². The number of ether oxygens (including phenoxy) is 2. The Morgan fingerprint density at radius 3 is 3.04 bits per heavy atom. The Morgan fingerprint density at radius 1 is 1.28 bits per heavy atom. The zero-order valence-electron chi connectivity index (χ0n) is 14.2. The summed E-state index contributed by atoms with van der Waals surface area (Å²) in [5.74, 6) is 3.17. The van der Waals surface area contributed by atoms with Crippen molar-refractivity contribution in [3.8, 4) is 11.5 Å². The topological polar surface area (TPSA) is 79.7 Å². The normalized spacial score (nSPS) is 19.9. The molecule has 2 aromatic rings. The summed E-state index contributed by atoms with van der Waals surface area (Å²) in [5.41, 5.74) is 1.10. The minimum absolute atomic E-state index is 0.0597. The average molecular weight is 342 g/mol. The molecule has 0 radical (unpaired) electrons. The van der Waals surface area contributed by atoms with Crippen LogP contribution in [0.4, 0.5) is 11.6 Å². The maximum absolute atomic E-state index is 9.52. The third-order valence-electron chi connectivity index (χ3n) is 4.80. The summed E-state index contributed by atoms with van der Waals surface area (Å²) in [6.45, 7) is 3.42. The molecule has 1 saturated heterocycles. The molecular formula is C18H22N4O3. The van der Waals surface area contributed by atoms with Crippen molar-refractivity contribution < 1.29 is 14.6 Å². The summed E-state index contributed by atoms with van der Waals surface area (Å²) in [5, 5.41) is 12.9. The Balaban J connectivity index is 1.50. The smallest absolute Gasteiger partial charge is 0.231 e. The van der Waals surface area contributed by atoms with Crippen molar-refractivity contribution in [1.82, 2.24) is 9.97 Å². The quantitative estimate of drug-likeness (QED) is 0.863. The van der Waals surface area contributed by atoms with E-state index in [1.165, 1.54) is 0 Å². The number of aliphatic hydroxyl groups excluding tert-OH is 1. The molecule has 0 aliphatic carbocycles. The zero-order chi connectivity index (χ0) is 17.2. The lowest BCUT2D eigenvalue weighted by molar-refractivity contribution is 0.174. The third-order valence-corrected chi connectivity index (χ3v) is 4.80. The molecule has 1 aromatic carbocycles. The van der Waals surface area contributed by atoms with Gasteiger partial charge in [0.05, 0.1) is 18.7 Å². The summed E-state index contributed by atoms with van der Waals surface area (Å²) in [6, 6.07) is 8.09. The molecular weight excluding hydrogens is 320 g/mol. The molecule has 2 unspecified atom stereocenters. The van der Waals surface area contributed by atoms with Gasteiger partial charge in [-0.25, -0.2) is 9.97 Å². The fourth-order valence-electron chi connectivity index (χ4n) is 3.40. The molecule has 25 heavy (non-hydrogen) atoms. The number of hydrogen-bond acceptors (Lipinski definition) is 7. The number of aromatic nitrogens is 2. The number of fused-ring (bicyclic) bond motifs is 1. The van der Waals surface area contributed by atoms with Gasteiger partial charge >= 0.3 is 0 Å². The molecule has 2 aliphatic rings. The van der Waals surface area contributed by atoms with Gasteiger partial charge in [0.1, 0.15) is 18.0 Å². The van der Waals surface area contributed by atoms with E-state index in [1.807, 2.05) is 24.3 Å². The van der Waals surface area contributed by atoms with E-state index in [0.717, 1.165) is 48.1 Å². The summed E-state index contributed by atoms with van der Waals surface area (Å²) < 4.78 is 10.8. The first-order chi connectivity index (χ1) is 12.2. The molecule has 1 fully saturated rings. The Kier molecular flexibility index (Phi) is 4.31. The van der Waals surface area contributed by atoms with Gasteiger partial charge in [0, 0.05) is 12.6 Å². The number of nitrogens with one attached hydrogen (secondary N) is 1. The van der Waals surface area contributed by atoms with E-state index in [1.54, 1.807) is 6.33 Å². The maximum atomic E-state index is 9.52. The minimum atomic E-state index is 0.0597. The van der Waals surface area contributed by atoms with Crippen LogP contribution in [0.5, 0.6) is 11.5 Å². The van der Waals surface area contributed by atoms with E-state index < -0.39 is 0 Å². The number of aliphatic hydroxyl groups is 1. The lowest BCUT2D eigenvalue weighted by Gasteiger charge is -2.24. The van der Waals surface area contributed by atoms with Gasteiger partial charge in [-0.1, -0.05) is 6.07 Å². The van der Waals surface area contributed by atoms with Crippen LogP contribution in [-0.2, 0) is 0 Å². The van der Waals surface area contributed by atoms with Gasteiger partial charge in [-0.2, -0.15) is 0 Å². The highest BCUT2D eigenvalue weighted by Crippen LogP contribution is 2.35. The Bertz CT molecular complexity index is 755. The number of hydrogen-bond donors (Lipinski definition) is 2. The molecule has 0 saturated carbocycles. The lowest BCUT2D eigenvalue weighted by Crippen LogP contribution is -2.32. The molecule has 7 heteroatoms. The molecule has 7 nitrogen and oxygen atoms in total. The second-order valence-corrected chi connectivity index (χ2v) is 6.41. The van der Waals surface area contributed by atoms with Gasteiger partial charge in [0.15, 0.2) is 11.5 Å². The molecule has 4 rings (SSSR count). The summed E-state index contributed by atoms with van der Waals surface area (Å²) >= 11 is 0. The van der Waals surface area contributed by atoms with Gasteiger partial charge in [-0.05, 0) is 37.5 Å². The van der Waals surface area contributed by atoms with Crippen molar-refractivity contribution in [2.75, 3.05) is 30.2 Å². The predicted octanol–water partition coefficient (Wildman–Crippen LogP) is 2.34.